The number of hydrogen-bond donors (Lipinski definition) is 1. The van der Waals surface area contributed by atoms with Gasteiger partial charge in [-0.25, -0.2) is 0 Å². The number of anilines is 1. The Kier molecular flexibility index (Phi) is 21.6. The fourth-order valence-corrected chi connectivity index (χ4v) is 5.70. The van der Waals surface area contributed by atoms with Crippen LogP contribution < -0.4 is 10.1 Å². The third kappa shape index (κ3) is 16.5. The van der Waals surface area contributed by atoms with Crippen LogP contribution in [0.15, 0.2) is 78.1 Å². The Bertz CT molecular complexity index is 1380. The minimum Gasteiger partial charge on any atom is -0.491 e. The molecule has 3 rings (SSSR count). The van der Waals surface area contributed by atoms with Crippen molar-refractivity contribution >= 4 is 28.5 Å². The van der Waals surface area contributed by atoms with Gasteiger partial charge in [0.05, 0.1) is 17.5 Å². The zero-order valence-corrected chi connectivity index (χ0v) is 32.5. The van der Waals surface area contributed by atoms with Gasteiger partial charge < -0.3 is 14.8 Å². The molecule has 0 saturated heterocycles. The van der Waals surface area contributed by atoms with Crippen molar-refractivity contribution in [3.05, 3.63) is 89.8 Å². The maximum Gasteiger partial charge on any atom is 0.163 e. The molecule has 270 valence electrons. The van der Waals surface area contributed by atoms with Crippen molar-refractivity contribution in [3.8, 4) is 5.75 Å². The van der Waals surface area contributed by atoms with E-state index in [2.05, 4.69) is 64.7 Å². The van der Waals surface area contributed by atoms with E-state index < -0.39 is 0 Å². The second kappa shape index (κ2) is 24.4. The largest absolute Gasteiger partial charge is 0.491 e. The molecule has 5 nitrogen and oxygen atoms in total. The van der Waals surface area contributed by atoms with Crippen molar-refractivity contribution in [1.29, 1.82) is 0 Å². The number of aryl methyl sites for hydroxylation is 1. The summed E-state index contributed by atoms with van der Waals surface area (Å²) in [5.74, 6) is 1.98. The number of aliphatic imine (C=N–C) groups is 1. The Labute approximate surface area is 299 Å². The molecule has 0 aromatic heterocycles. The molecule has 1 aliphatic rings. The number of rotatable bonds is 18. The molecule has 49 heavy (non-hydrogen) atoms. The quantitative estimate of drug-likeness (QED) is 0.0973. The first-order valence-electron chi connectivity index (χ1n) is 18.7. The van der Waals surface area contributed by atoms with Gasteiger partial charge in [-0.05, 0) is 94.0 Å². The SMILES string of the molecule is C=C(Nc1ccc(C(=O)CCCC)c(C)c1)C1=NC=C(c2ccc(OC(C)C)cc2)C1/C=C\C.CCCC(C)CC(C)=O.CCCCCC. The van der Waals surface area contributed by atoms with Crippen molar-refractivity contribution in [2.75, 3.05) is 5.32 Å². The Morgan fingerprint density at radius 1 is 0.939 bits per heavy atom. The van der Waals surface area contributed by atoms with E-state index in [-0.39, 0.29) is 17.8 Å². The van der Waals surface area contributed by atoms with Crippen LogP contribution in [0.1, 0.15) is 148 Å². The molecule has 1 aliphatic heterocycles. The zero-order chi connectivity index (χ0) is 36.8. The van der Waals surface area contributed by atoms with Gasteiger partial charge in [-0.2, -0.15) is 0 Å². The van der Waals surface area contributed by atoms with E-state index >= 15 is 0 Å². The van der Waals surface area contributed by atoms with Crippen LogP contribution in [0, 0.1) is 18.8 Å². The van der Waals surface area contributed by atoms with Crippen LogP contribution in [0.2, 0.25) is 0 Å². The lowest BCUT2D eigenvalue weighted by molar-refractivity contribution is -0.117. The highest BCUT2D eigenvalue weighted by Gasteiger charge is 2.26. The molecule has 2 atom stereocenters. The maximum absolute atomic E-state index is 12.4. The van der Waals surface area contributed by atoms with Crippen LogP contribution in [0.5, 0.6) is 5.75 Å². The Morgan fingerprint density at radius 2 is 1.57 bits per heavy atom. The molecule has 2 aromatic carbocycles. The van der Waals surface area contributed by atoms with Crippen molar-refractivity contribution in [2.45, 2.75) is 140 Å². The van der Waals surface area contributed by atoms with Gasteiger partial charge in [0.25, 0.3) is 0 Å². The lowest BCUT2D eigenvalue weighted by Gasteiger charge is -2.18. The van der Waals surface area contributed by atoms with Crippen LogP contribution in [0.25, 0.3) is 5.57 Å². The van der Waals surface area contributed by atoms with E-state index in [1.165, 1.54) is 38.5 Å². The number of carbonyl (C=O) groups is 2. The van der Waals surface area contributed by atoms with Crippen molar-refractivity contribution < 1.29 is 14.3 Å². The van der Waals surface area contributed by atoms with Gasteiger partial charge >= 0.3 is 0 Å². The molecule has 0 bridgehead atoms. The maximum atomic E-state index is 12.4. The smallest absolute Gasteiger partial charge is 0.163 e. The Hall–Kier alpha value is -3.73. The normalized spacial score (nSPS) is 14.2. The summed E-state index contributed by atoms with van der Waals surface area (Å²) in [6.07, 6.45) is 17.5. The van der Waals surface area contributed by atoms with Gasteiger partial charge in [-0.3, -0.25) is 9.79 Å². The molecule has 0 fully saturated rings. The predicted octanol–water partition coefficient (Wildman–Crippen LogP) is 12.8. The number of ether oxygens (including phenoxy) is 1. The third-order valence-corrected chi connectivity index (χ3v) is 8.18. The Balaban J connectivity index is 0.000000665. The molecule has 0 radical (unpaired) electrons. The predicted molar refractivity (Wildman–Crippen MR) is 213 cm³/mol. The number of unbranched alkanes of at least 4 members (excludes halogenated alkanes) is 4. The molecule has 1 N–H and O–H groups in total. The molecular formula is C44H66N2O3. The molecule has 0 amide bonds. The molecule has 0 aliphatic carbocycles. The van der Waals surface area contributed by atoms with Gasteiger partial charge in [0.15, 0.2) is 5.78 Å². The van der Waals surface area contributed by atoms with Crippen LogP contribution >= 0.6 is 0 Å². The van der Waals surface area contributed by atoms with Gasteiger partial charge in [0.2, 0.25) is 0 Å². The number of ketones is 2. The number of hydrogen-bond acceptors (Lipinski definition) is 5. The average Bonchev–Trinajstić information content (AvgIpc) is 3.47. The van der Waals surface area contributed by atoms with Crippen molar-refractivity contribution in [3.63, 3.8) is 0 Å². The fourth-order valence-electron chi connectivity index (χ4n) is 5.70. The first kappa shape index (κ1) is 43.3. The van der Waals surface area contributed by atoms with Gasteiger partial charge in [0, 0.05) is 36.2 Å². The highest BCUT2D eigenvalue weighted by atomic mass is 16.5. The van der Waals surface area contributed by atoms with Gasteiger partial charge in [-0.1, -0.05) is 110 Å². The van der Waals surface area contributed by atoms with Crippen LogP contribution in [-0.4, -0.2) is 23.4 Å². The molecule has 1 heterocycles. The monoisotopic (exact) mass is 671 g/mol. The summed E-state index contributed by atoms with van der Waals surface area (Å²) in [4.78, 5) is 27.7. The Morgan fingerprint density at radius 3 is 2.08 bits per heavy atom. The van der Waals surface area contributed by atoms with E-state index in [4.69, 9.17) is 9.73 Å². The van der Waals surface area contributed by atoms with E-state index in [1.54, 1.807) is 6.92 Å². The highest BCUT2D eigenvalue weighted by Crippen LogP contribution is 2.34. The number of benzene rings is 2. The summed E-state index contributed by atoms with van der Waals surface area (Å²) in [7, 11) is 0. The van der Waals surface area contributed by atoms with E-state index in [1.807, 2.05) is 70.3 Å². The number of nitrogens with one attached hydrogen (secondary N) is 1. The van der Waals surface area contributed by atoms with E-state index in [9.17, 15) is 9.59 Å². The summed E-state index contributed by atoms with van der Waals surface area (Å²) < 4.78 is 5.78. The first-order chi connectivity index (χ1) is 23.4. The van der Waals surface area contributed by atoms with Crippen molar-refractivity contribution in [2.24, 2.45) is 16.8 Å². The number of allylic oxidation sites excluding steroid dienone is 4. The highest BCUT2D eigenvalue weighted by molar-refractivity contribution is 6.13. The second-order valence-electron chi connectivity index (χ2n) is 13.5. The number of carbonyl (C=O) groups excluding carboxylic acids is 2. The summed E-state index contributed by atoms with van der Waals surface area (Å²) in [5.41, 5.74) is 6.54. The van der Waals surface area contributed by atoms with Gasteiger partial charge in [-0.15, -0.1) is 0 Å². The first-order valence-corrected chi connectivity index (χ1v) is 18.7. The summed E-state index contributed by atoms with van der Waals surface area (Å²) in [6.45, 7) is 24.8. The van der Waals surface area contributed by atoms with Gasteiger partial charge in [0.1, 0.15) is 11.5 Å². The molecule has 0 saturated carbocycles. The number of nitrogens with zero attached hydrogens (tertiary/aromatic N) is 1. The summed E-state index contributed by atoms with van der Waals surface area (Å²) >= 11 is 0. The lowest BCUT2D eigenvalue weighted by atomic mass is 9.89. The minimum atomic E-state index is 0.0119. The molecule has 2 aromatic rings. The third-order valence-electron chi connectivity index (χ3n) is 8.18. The van der Waals surface area contributed by atoms with Crippen LogP contribution in [0.3, 0.4) is 0 Å². The molecular weight excluding hydrogens is 604 g/mol. The van der Waals surface area contributed by atoms with Crippen molar-refractivity contribution in [1.82, 2.24) is 0 Å². The lowest BCUT2D eigenvalue weighted by Crippen LogP contribution is -2.18. The standard InChI is InChI=1S/C30H36N2O2.C8H16O.C6H14/c1-7-9-11-29(33)26-17-14-24(18-21(26)5)32-22(6)30-27(10-8-2)28(19-31-30)23-12-15-25(16-13-23)34-20(3)4;1-4-5-7(2)6-8(3)9;1-3-5-6-4-2/h8,10,12-20,27,32H,6-7,9,11H2,1-5H3;7H,4-6H2,1-3H3;3-6H2,1-2H3/b10-8-;;. The molecule has 2 unspecified atom stereocenters. The number of Topliss-reactive ketones (excluding diaryl/α,β-unsaturated/α-hetero) is 2. The molecule has 5 heteroatoms. The topological polar surface area (TPSA) is 67.8 Å². The second-order valence-corrected chi connectivity index (χ2v) is 13.5. The fraction of sp³-hybridized carbons (Fsp3) is 0.523. The summed E-state index contributed by atoms with van der Waals surface area (Å²) in [5, 5.41) is 3.40. The molecule has 0 spiro atoms. The van der Waals surface area contributed by atoms with E-state index in [0.29, 0.717) is 18.1 Å². The van der Waals surface area contributed by atoms with Crippen LogP contribution in [-0.2, 0) is 4.79 Å². The zero-order valence-electron chi connectivity index (χ0n) is 32.5. The van der Waals surface area contributed by atoms with E-state index in [0.717, 1.165) is 64.4 Å². The average molecular weight is 671 g/mol. The minimum absolute atomic E-state index is 0.0119. The summed E-state index contributed by atoms with van der Waals surface area (Å²) in [6, 6.07) is 14.0. The van der Waals surface area contributed by atoms with Crippen LogP contribution in [0.4, 0.5) is 5.69 Å².